The molecule has 0 bridgehead atoms. The van der Waals surface area contributed by atoms with Gasteiger partial charge in [0.1, 0.15) is 17.3 Å². The first-order valence-electron chi connectivity index (χ1n) is 5.10. The lowest BCUT2D eigenvalue weighted by Gasteiger charge is -2.07. The molecule has 0 aromatic carbocycles. The molecule has 6 heteroatoms. The SMILES string of the molecule is Cc1cc(NCc2cc(Cl)c(Cl)n2C)ncn1. The van der Waals surface area contributed by atoms with Crippen molar-refractivity contribution in [3.8, 4) is 0 Å². The second kappa shape index (κ2) is 4.94. The van der Waals surface area contributed by atoms with E-state index >= 15 is 0 Å². The highest BCUT2D eigenvalue weighted by Crippen LogP contribution is 2.25. The first-order valence-corrected chi connectivity index (χ1v) is 5.85. The van der Waals surface area contributed by atoms with Gasteiger partial charge < -0.3 is 9.88 Å². The van der Waals surface area contributed by atoms with Crippen LogP contribution in [0.4, 0.5) is 5.82 Å². The summed E-state index contributed by atoms with van der Waals surface area (Å²) in [7, 11) is 1.87. The zero-order valence-electron chi connectivity index (χ0n) is 9.54. The first kappa shape index (κ1) is 12.2. The number of aromatic nitrogens is 3. The highest BCUT2D eigenvalue weighted by molar-refractivity contribution is 6.41. The number of rotatable bonds is 3. The van der Waals surface area contributed by atoms with Crippen LogP contribution < -0.4 is 5.32 Å². The Balaban J connectivity index is 2.10. The fourth-order valence-electron chi connectivity index (χ4n) is 1.49. The lowest BCUT2D eigenvalue weighted by molar-refractivity contribution is 0.840. The molecule has 2 aromatic rings. The van der Waals surface area contributed by atoms with E-state index in [2.05, 4.69) is 15.3 Å². The van der Waals surface area contributed by atoms with Gasteiger partial charge in [-0.2, -0.15) is 0 Å². The summed E-state index contributed by atoms with van der Waals surface area (Å²) >= 11 is 11.9. The average Bonchev–Trinajstić information content (AvgIpc) is 2.54. The van der Waals surface area contributed by atoms with Crippen molar-refractivity contribution in [2.75, 3.05) is 5.32 Å². The molecule has 2 heterocycles. The molecule has 0 spiro atoms. The third-order valence-electron chi connectivity index (χ3n) is 2.47. The summed E-state index contributed by atoms with van der Waals surface area (Å²) in [4.78, 5) is 8.15. The molecule has 0 atom stereocenters. The molecule has 0 aliphatic carbocycles. The van der Waals surface area contributed by atoms with Crippen molar-refractivity contribution >= 4 is 29.0 Å². The molecule has 90 valence electrons. The fourth-order valence-corrected chi connectivity index (χ4v) is 1.91. The van der Waals surface area contributed by atoms with Gasteiger partial charge in [0.25, 0.3) is 0 Å². The Morgan fingerprint density at radius 2 is 2.06 bits per heavy atom. The zero-order chi connectivity index (χ0) is 12.4. The molecule has 0 radical (unpaired) electrons. The van der Waals surface area contributed by atoms with Crippen LogP contribution >= 0.6 is 23.2 Å². The average molecular weight is 271 g/mol. The summed E-state index contributed by atoms with van der Waals surface area (Å²) in [6.07, 6.45) is 1.53. The predicted molar refractivity (Wildman–Crippen MR) is 69.5 cm³/mol. The van der Waals surface area contributed by atoms with E-state index in [9.17, 15) is 0 Å². The zero-order valence-corrected chi connectivity index (χ0v) is 11.0. The molecule has 0 unspecified atom stereocenters. The van der Waals surface area contributed by atoms with Crippen molar-refractivity contribution in [3.05, 3.63) is 40.0 Å². The molecule has 2 rings (SSSR count). The Bertz CT molecular complexity index is 536. The number of anilines is 1. The van der Waals surface area contributed by atoms with Crippen molar-refractivity contribution in [3.63, 3.8) is 0 Å². The maximum absolute atomic E-state index is 5.98. The number of nitrogens with one attached hydrogen (secondary N) is 1. The van der Waals surface area contributed by atoms with Crippen LogP contribution in [0.25, 0.3) is 0 Å². The topological polar surface area (TPSA) is 42.7 Å². The van der Waals surface area contributed by atoms with Crippen LogP contribution in [0, 0.1) is 6.92 Å². The van der Waals surface area contributed by atoms with Crippen LogP contribution in [-0.4, -0.2) is 14.5 Å². The minimum absolute atomic E-state index is 0.544. The Morgan fingerprint density at radius 3 is 2.65 bits per heavy atom. The van der Waals surface area contributed by atoms with Gasteiger partial charge >= 0.3 is 0 Å². The number of halogens is 2. The Morgan fingerprint density at radius 1 is 1.29 bits per heavy atom. The summed E-state index contributed by atoms with van der Waals surface area (Å²) in [5.41, 5.74) is 1.92. The van der Waals surface area contributed by atoms with Gasteiger partial charge in [0, 0.05) is 24.5 Å². The molecule has 0 saturated heterocycles. The summed E-state index contributed by atoms with van der Waals surface area (Å²) in [5.74, 6) is 0.783. The molecule has 1 N–H and O–H groups in total. The van der Waals surface area contributed by atoms with Gasteiger partial charge in [-0.1, -0.05) is 23.2 Å². The second-order valence-electron chi connectivity index (χ2n) is 3.73. The van der Waals surface area contributed by atoms with Gasteiger partial charge in [-0.25, -0.2) is 9.97 Å². The van der Waals surface area contributed by atoms with Gasteiger partial charge in [-0.3, -0.25) is 0 Å². The van der Waals surface area contributed by atoms with E-state index in [4.69, 9.17) is 23.2 Å². The van der Waals surface area contributed by atoms with E-state index in [1.807, 2.05) is 30.7 Å². The van der Waals surface area contributed by atoms with Crippen LogP contribution in [0.15, 0.2) is 18.5 Å². The van der Waals surface area contributed by atoms with E-state index in [1.54, 1.807) is 0 Å². The Kier molecular flexibility index (Phi) is 3.54. The van der Waals surface area contributed by atoms with Crippen LogP contribution in [-0.2, 0) is 13.6 Å². The number of aryl methyl sites for hydroxylation is 1. The molecule has 0 amide bonds. The van der Waals surface area contributed by atoms with E-state index in [0.717, 1.165) is 17.2 Å². The van der Waals surface area contributed by atoms with Gasteiger partial charge in [-0.15, -0.1) is 0 Å². The minimum Gasteiger partial charge on any atom is -0.364 e. The maximum Gasteiger partial charge on any atom is 0.129 e. The molecule has 4 nitrogen and oxygen atoms in total. The largest absolute Gasteiger partial charge is 0.364 e. The number of hydrogen-bond acceptors (Lipinski definition) is 3. The summed E-state index contributed by atoms with van der Waals surface area (Å²) in [6.45, 7) is 2.53. The third-order valence-corrected chi connectivity index (χ3v) is 3.31. The number of hydrogen-bond donors (Lipinski definition) is 1. The molecule has 2 aromatic heterocycles. The number of nitrogens with zero attached hydrogens (tertiary/aromatic N) is 3. The van der Waals surface area contributed by atoms with E-state index in [0.29, 0.717) is 16.7 Å². The van der Waals surface area contributed by atoms with E-state index in [-0.39, 0.29) is 0 Å². The van der Waals surface area contributed by atoms with Crippen molar-refractivity contribution in [1.82, 2.24) is 14.5 Å². The molecule has 0 aliphatic rings. The molecule has 0 saturated carbocycles. The fraction of sp³-hybridized carbons (Fsp3) is 0.273. The minimum atomic E-state index is 0.544. The summed E-state index contributed by atoms with van der Waals surface area (Å²) < 4.78 is 1.84. The van der Waals surface area contributed by atoms with Crippen molar-refractivity contribution in [2.24, 2.45) is 7.05 Å². The maximum atomic E-state index is 5.98. The van der Waals surface area contributed by atoms with Crippen molar-refractivity contribution in [2.45, 2.75) is 13.5 Å². The van der Waals surface area contributed by atoms with Crippen LogP contribution in [0.1, 0.15) is 11.4 Å². The normalized spacial score (nSPS) is 10.6. The molecular weight excluding hydrogens is 259 g/mol. The highest BCUT2D eigenvalue weighted by Gasteiger charge is 2.08. The highest BCUT2D eigenvalue weighted by atomic mass is 35.5. The molecule has 0 aliphatic heterocycles. The Hall–Kier alpha value is -1.26. The molecule has 17 heavy (non-hydrogen) atoms. The van der Waals surface area contributed by atoms with Crippen LogP contribution in [0.5, 0.6) is 0 Å². The van der Waals surface area contributed by atoms with Gasteiger partial charge in [0.05, 0.1) is 11.6 Å². The van der Waals surface area contributed by atoms with Gasteiger partial charge in [0.15, 0.2) is 0 Å². The van der Waals surface area contributed by atoms with Crippen molar-refractivity contribution in [1.29, 1.82) is 0 Å². The summed E-state index contributed by atoms with van der Waals surface area (Å²) in [5, 5.41) is 4.30. The van der Waals surface area contributed by atoms with Crippen LogP contribution in [0.2, 0.25) is 10.2 Å². The van der Waals surface area contributed by atoms with E-state index < -0.39 is 0 Å². The lowest BCUT2D eigenvalue weighted by Crippen LogP contribution is -2.06. The van der Waals surface area contributed by atoms with Gasteiger partial charge in [-0.05, 0) is 13.0 Å². The lowest BCUT2D eigenvalue weighted by atomic mass is 10.4. The smallest absolute Gasteiger partial charge is 0.129 e. The quantitative estimate of drug-likeness (QED) is 0.933. The second-order valence-corrected chi connectivity index (χ2v) is 4.50. The van der Waals surface area contributed by atoms with Crippen LogP contribution in [0.3, 0.4) is 0 Å². The monoisotopic (exact) mass is 270 g/mol. The van der Waals surface area contributed by atoms with Crippen molar-refractivity contribution < 1.29 is 0 Å². The first-order chi connectivity index (χ1) is 8.08. The third kappa shape index (κ3) is 2.70. The summed E-state index contributed by atoms with van der Waals surface area (Å²) in [6, 6.07) is 3.72. The Labute approximate surface area is 110 Å². The van der Waals surface area contributed by atoms with Gasteiger partial charge in [0.2, 0.25) is 0 Å². The standard InChI is InChI=1S/C11H12Cl2N4/c1-7-3-10(16-6-15-7)14-5-8-4-9(12)11(13)17(8)2/h3-4,6H,5H2,1-2H3,(H,14,15,16). The molecule has 0 fully saturated rings. The predicted octanol–water partition coefficient (Wildman–Crippen LogP) is 3.04. The van der Waals surface area contributed by atoms with E-state index in [1.165, 1.54) is 6.33 Å². The molecular formula is C11H12Cl2N4.